The van der Waals surface area contributed by atoms with Gasteiger partial charge < -0.3 is 9.84 Å². The number of aryl methyl sites for hydroxylation is 1. The van der Waals surface area contributed by atoms with Gasteiger partial charge >= 0.3 is 5.97 Å². The number of non-ortho nitro benzene ring substituents is 1. The fourth-order valence-electron chi connectivity index (χ4n) is 2.38. The van der Waals surface area contributed by atoms with Crippen molar-refractivity contribution in [1.82, 2.24) is 15.2 Å². The summed E-state index contributed by atoms with van der Waals surface area (Å²) in [5, 5.41) is 27.3. The van der Waals surface area contributed by atoms with E-state index in [2.05, 4.69) is 31.1 Å². The minimum absolute atomic E-state index is 0.00338. The molecule has 0 bridgehead atoms. The second-order valence-electron chi connectivity index (χ2n) is 6.01. The van der Waals surface area contributed by atoms with Gasteiger partial charge in [-0.25, -0.2) is 9.78 Å². The van der Waals surface area contributed by atoms with E-state index in [1.165, 1.54) is 18.2 Å². The Kier molecular flexibility index (Phi) is 6.85. The van der Waals surface area contributed by atoms with Crippen LogP contribution in [0.25, 0.3) is 6.08 Å². The highest BCUT2D eigenvalue weighted by atomic mass is 79.9. The zero-order chi connectivity index (χ0) is 21.7. The Balaban J connectivity index is 1.83. The maximum atomic E-state index is 11.7. The molecule has 0 atom stereocenters. The molecular formula is C19H15BrN4O5S. The number of hydrogen-bond acceptors (Lipinski definition) is 7. The van der Waals surface area contributed by atoms with Crippen molar-refractivity contribution < 1.29 is 19.6 Å². The number of thioether (sulfide) groups is 1. The van der Waals surface area contributed by atoms with Crippen LogP contribution in [0.2, 0.25) is 0 Å². The number of aromatic amines is 1. The summed E-state index contributed by atoms with van der Waals surface area (Å²) >= 11 is 4.30. The summed E-state index contributed by atoms with van der Waals surface area (Å²) in [4.78, 5) is 26.1. The third-order valence-electron chi connectivity index (χ3n) is 3.79. The molecule has 0 radical (unpaired) electrons. The van der Waals surface area contributed by atoms with Crippen LogP contribution in [-0.2, 0) is 11.4 Å². The first kappa shape index (κ1) is 21.5. The van der Waals surface area contributed by atoms with Gasteiger partial charge in [-0.05, 0) is 60.7 Å². The quantitative estimate of drug-likeness (QED) is 0.203. The van der Waals surface area contributed by atoms with Crippen LogP contribution >= 0.6 is 27.7 Å². The Morgan fingerprint density at radius 1 is 1.33 bits per heavy atom. The highest BCUT2D eigenvalue weighted by Crippen LogP contribution is 2.31. The molecule has 11 heteroatoms. The number of carbonyl (C=O) groups is 1. The first-order valence-electron chi connectivity index (χ1n) is 8.49. The summed E-state index contributed by atoms with van der Waals surface area (Å²) in [6, 6.07) is 11.2. The minimum Gasteiger partial charge on any atom is -0.488 e. The van der Waals surface area contributed by atoms with Crippen molar-refractivity contribution in [3.63, 3.8) is 0 Å². The molecule has 2 aromatic carbocycles. The van der Waals surface area contributed by atoms with E-state index in [4.69, 9.17) is 4.74 Å². The van der Waals surface area contributed by atoms with Crippen molar-refractivity contribution in [3.8, 4) is 5.75 Å². The third kappa shape index (κ3) is 5.67. The molecule has 0 aliphatic carbocycles. The fourth-order valence-corrected chi connectivity index (χ4v) is 3.50. The summed E-state index contributed by atoms with van der Waals surface area (Å²) in [5.41, 5.74) is 1.28. The molecule has 30 heavy (non-hydrogen) atoms. The number of nitrogens with zero attached hydrogens (tertiary/aromatic N) is 3. The second kappa shape index (κ2) is 9.55. The number of rotatable bonds is 8. The van der Waals surface area contributed by atoms with Crippen molar-refractivity contribution in [1.29, 1.82) is 0 Å². The number of aliphatic carboxylic acids is 1. The summed E-state index contributed by atoms with van der Waals surface area (Å²) in [7, 11) is 0. The van der Waals surface area contributed by atoms with Gasteiger partial charge in [0.15, 0.2) is 0 Å². The first-order chi connectivity index (χ1) is 14.3. The van der Waals surface area contributed by atoms with Gasteiger partial charge in [-0.2, -0.15) is 0 Å². The molecule has 3 aromatic rings. The van der Waals surface area contributed by atoms with Gasteiger partial charge in [0.05, 0.1) is 4.92 Å². The SMILES string of the molecule is Cc1nc(S/C(=C\c2cc(Br)ccc2OCc2ccc([N+](=O)[O-])cc2)C(=O)O)n[nH]1. The van der Waals surface area contributed by atoms with Crippen molar-refractivity contribution in [2.45, 2.75) is 18.7 Å². The van der Waals surface area contributed by atoms with Gasteiger partial charge in [0.1, 0.15) is 23.1 Å². The third-order valence-corrected chi connectivity index (χ3v) is 5.16. The van der Waals surface area contributed by atoms with E-state index in [0.29, 0.717) is 22.3 Å². The van der Waals surface area contributed by atoms with E-state index in [9.17, 15) is 20.0 Å². The number of nitro benzene ring substituents is 1. The molecular weight excluding hydrogens is 476 g/mol. The van der Waals surface area contributed by atoms with Gasteiger partial charge in [0.25, 0.3) is 5.69 Å². The predicted molar refractivity (Wildman–Crippen MR) is 114 cm³/mol. The molecule has 2 N–H and O–H groups in total. The van der Waals surface area contributed by atoms with Crippen LogP contribution in [0.3, 0.4) is 0 Å². The molecule has 0 saturated heterocycles. The van der Waals surface area contributed by atoms with E-state index < -0.39 is 10.9 Å². The largest absolute Gasteiger partial charge is 0.488 e. The van der Waals surface area contributed by atoms with Crippen LogP contribution in [0, 0.1) is 17.0 Å². The highest BCUT2D eigenvalue weighted by molar-refractivity contribution is 9.10. The van der Waals surface area contributed by atoms with E-state index in [0.717, 1.165) is 21.8 Å². The zero-order valence-electron chi connectivity index (χ0n) is 15.5. The topological polar surface area (TPSA) is 131 Å². The van der Waals surface area contributed by atoms with E-state index in [1.54, 1.807) is 37.3 Å². The van der Waals surface area contributed by atoms with Crippen LogP contribution < -0.4 is 4.74 Å². The Morgan fingerprint density at radius 2 is 2.07 bits per heavy atom. The standard InChI is InChI=1S/C19H15BrN4O5S/c1-11-21-19(23-22-11)30-17(18(25)26)9-13-8-14(20)4-7-16(13)29-10-12-2-5-15(6-3-12)24(27)28/h2-9H,10H2,1H3,(H,25,26)(H,21,22,23)/b17-9-. The maximum Gasteiger partial charge on any atom is 0.342 e. The molecule has 1 aromatic heterocycles. The summed E-state index contributed by atoms with van der Waals surface area (Å²) < 4.78 is 6.59. The number of carboxylic acid groups (broad SMARTS) is 1. The number of benzene rings is 2. The van der Waals surface area contributed by atoms with E-state index in [1.807, 2.05) is 0 Å². The van der Waals surface area contributed by atoms with Crippen molar-refractivity contribution in [2.75, 3.05) is 0 Å². The molecule has 154 valence electrons. The smallest absolute Gasteiger partial charge is 0.342 e. The van der Waals surface area contributed by atoms with Gasteiger partial charge in [-0.1, -0.05) is 15.9 Å². The molecule has 0 aliphatic rings. The number of nitro groups is 1. The highest BCUT2D eigenvalue weighted by Gasteiger charge is 2.15. The average molecular weight is 491 g/mol. The van der Waals surface area contributed by atoms with Gasteiger partial charge in [-0.3, -0.25) is 15.2 Å². The molecule has 0 unspecified atom stereocenters. The maximum absolute atomic E-state index is 11.7. The monoisotopic (exact) mass is 490 g/mol. The molecule has 9 nitrogen and oxygen atoms in total. The fraction of sp³-hybridized carbons (Fsp3) is 0.105. The lowest BCUT2D eigenvalue weighted by Gasteiger charge is -2.11. The normalized spacial score (nSPS) is 11.3. The van der Waals surface area contributed by atoms with Crippen molar-refractivity contribution in [2.24, 2.45) is 0 Å². The summed E-state index contributed by atoms with van der Waals surface area (Å²) in [6.45, 7) is 1.88. The Hall–Kier alpha value is -3.18. The summed E-state index contributed by atoms with van der Waals surface area (Å²) in [5.74, 6) is -0.0809. The number of carboxylic acids is 1. The molecule has 0 fully saturated rings. The predicted octanol–water partition coefficient (Wildman–Crippen LogP) is 4.58. The van der Waals surface area contributed by atoms with Crippen LogP contribution in [0.1, 0.15) is 17.0 Å². The van der Waals surface area contributed by atoms with Crippen LogP contribution in [-0.4, -0.2) is 31.2 Å². The van der Waals surface area contributed by atoms with Crippen molar-refractivity contribution >= 4 is 45.4 Å². The number of halogens is 1. The lowest BCUT2D eigenvalue weighted by molar-refractivity contribution is -0.384. The van der Waals surface area contributed by atoms with E-state index >= 15 is 0 Å². The Bertz CT molecular complexity index is 1110. The molecule has 3 rings (SSSR count). The molecule has 0 aliphatic heterocycles. The second-order valence-corrected chi connectivity index (χ2v) is 7.94. The lowest BCUT2D eigenvalue weighted by atomic mass is 10.2. The minimum atomic E-state index is -1.12. The summed E-state index contributed by atoms with van der Waals surface area (Å²) in [6.07, 6.45) is 1.48. The van der Waals surface area contributed by atoms with Gasteiger partial charge in [-0.15, -0.1) is 5.10 Å². The molecule has 0 spiro atoms. The van der Waals surface area contributed by atoms with Crippen molar-refractivity contribution in [3.05, 3.63) is 78.9 Å². The molecule has 0 saturated carbocycles. The number of H-pyrrole nitrogens is 1. The lowest BCUT2D eigenvalue weighted by Crippen LogP contribution is -2.00. The first-order valence-corrected chi connectivity index (χ1v) is 10.1. The Labute approximate surface area is 183 Å². The van der Waals surface area contributed by atoms with Crippen LogP contribution in [0.5, 0.6) is 5.75 Å². The Morgan fingerprint density at radius 3 is 2.67 bits per heavy atom. The number of ether oxygens (including phenoxy) is 1. The molecule has 0 amide bonds. The number of aromatic nitrogens is 3. The van der Waals surface area contributed by atoms with E-state index in [-0.39, 0.29) is 17.2 Å². The van der Waals surface area contributed by atoms with Gasteiger partial charge in [0.2, 0.25) is 5.16 Å². The van der Waals surface area contributed by atoms with Crippen LogP contribution in [0.15, 0.2) is 57.0 Å². The molecule has 1 heterocycles. The van der Waals surface area contributed by atoms with Gasteiger partial charge in [0, 0.05) is 22.2 Å². The number of hydrogen-bond donors (Lipinski definition) is 2. The zero-order valence-corrected chi connectivity index (χ0v) is 17.9. The number of nitrogens with one attached hydrogen (secondary N) is 1. The average Bonchev–Trinajstić information content (AvgIpc) is 3.12. The van der Waals surface area contributed by atoms with Crippen LogP contribution in [0.4, 0.5) is 5.69 Å².